The van der Waals surface area contributed by atoms with Crippen molar-refractivity contribution >= 4 is 11.9 Å². The first-order valence-electron chi connectivity index (χ1n) is 7.84. The second kappa shape index (κ2) is 8.92. The van der Waals surface area contributed by atoms with Gasteiger partial charge < -0.3 is 10.1 Å². The highest BCUT2D eigenvalue weighted by molar-refractivity contribution is 5.85. The molecule has 0 aliphatic heterocycles. The van der Waals surface area contributed by atoms with Crippen LogP contribution in [-0.4, -0.2) is 25.0 Å². The van der Waals surface area contributed by atoms with Crippen molar-refractivity contribution in [3.63, 3.8) is 0 Å². The maximum absolute atomic E-state index is 13.2. The summed E-state index contributed by atoms with van der Waals surface area (Å²) in [6.45, 7) is 0. The van der Waals surface area contributed by atoms with Gasteiger partial charge in [0, 0.05) is 0 Å². The van der Waals surface area contributed by atoms with Gasteiger partial charge >= 0.3 is 5.97 Å². The largest absolute Gasteiger partial charge is 0.467 e. The zero-order chi connectivity index (χ0) is 18.2. The average molecular weight is 347 g/mol. The SMILES string of the molecule is COC(=O)[C@@H](CCc1ccccc1)NC(=O)Cc1ccc(F)c(F)c1. The zero-order valence-corrected chi connectivity index (χ0v) is 13.8. The van der Waals surface area contributed by atoms with Gasteiger partial charge in [-0.3, -0.25) is 4.79 Å². The van der Waals surface area contributed by atoms with Crippen LogP contribution in [0.4, 0.5) is 8.78 Å². The van der Waals surface area contributed by atoms with Gasteiger partial charge in [0.15, 0.2) is 11.6 Å². The molecule has 132 valence electrons. The van der Waals surface area contributed by atoms with Crippen molar-refractivity contribution in [2.24, 2.45) is 0 Å². The van der Waals surface area contributed by atoms with Crippen molar-refractivity contribution in [2.45, 2.75) is 25.3 Å². The number of hydrogen-bond acceptors (Lipinski definition) is 3. The first-order valence-corrected chi connectivity index (χ1v) is 7.84. The molecule has 2 rings (SSSR count). The van der Waals surface area contributed by atoms with Crippen LogP contribution in [0.15, 0.2) is 48.5 Å². The number of esters is 1. The number of methoxy groups -OCH3 is 1. The van der Waals surface area contributed by atoms with Gasteiger partial charge in [0.25, 0.3) is 0 Å². The van der Waals surface area contributed by atoms with E-state index in [9.17, 15) is 18.4 Å². The molecule has 2 aromatic carbocycles. The molecule has 25 heavy (non-hydrogen) atoms. The van der Waals surface area contributed by atoms with Crippen LogP contribution in [0.25, 0.3) is 0 Å². The second-order valence-corrected chi connectivity index (χ2v) is 5.59. The number of rotatable bonds is 7. The number of carbonyl (C=O) groups excluding carboxylic acids is 2. The van der Waals surface area contributed by atoms with E-state index >= 15 is 0 Å². The van der Waals surface area contributed by atoms with Gasteiger partial charge in [-0.2, -0.15) is 0 Å². The molecule has 0 aliphatic rings. The molecule has 1 amide bonds. The van der Waals surface area contributed by atoms with E-state index in [0.717, 1.165) is 17.7 Å². The molecule has 0 aromatic heterocycles. The van der Waals surface area contributed by atoms with Gasteiger partial charge in [0.1, 0.15) is 6.04 Å². The van der Waals surface area contributed by atoms with Crippen LogP contribution in [0, 0.1) is 11.6 Å². The third-order valence-corrected chi connectivity index (χ3v) is 3.73. The van der Waals surface area contributed by atoms with E-state index in [-0.39, 0.29) is 6.42 Å². The van der Waals surface area contributed by atoms with Gasteiger partial charge in [-0.1, -0.05) is 36.4 Å². The molecule has 0 saturated carbocycles. The predicted octanol–water partition coefficient (Wildman–Crippen LogP) is 2.80. The van der Waals surface area contributed by atoms with Gasteiger partial charge in [0.2, 0.25) is 5.91 Å². The summed E-state index contributed by atoms with van der Waals surface area (Å²) < 4.78 is 30.8. The maximum Gasteiger partial charge on any atom is 0.328 e. The van der Waals surface area contributed by atoms with Crippen LogP contribution in [-0.2, 0) is 27.2 Å². The minimum Gasteiger partial charge on any atom is -0.467 e. The lowest BCUT2D eigenvalue weighted by Crippen LogP contribution is -2.42. The van der Waals surface area contributed by atoms with Crippen molar-refractivity contribution < 1.29 is 23.1 Å². The quantitative estimate of drug-likeness (QED) is 0.784. The molecule has 4 nitrogen and oxygen atoms in total. The van der Waals surface area contributed by atoms with Gasteiger partial charge in [-0.05, 0) is 36.1 Å². The lowest BCUT2D eigenvalue weighted by molar-refractivity contribution is -0.145. The van der Waals surface area contributed by atoms with Crippen LogP contribution in [0.5, 0.6) is 0 Å². The standard InChI is InChI=1S/C19H19F2NO3/c1-25-19(24)17(10-8-13-5-3-2-4-6-13)22-18(23)12-14-7-9-15(20)16(21)11-14/h2-7,9,11,17H,8,10,12H2,1H3,(H,22,23)/t17-/m1/s1. The molecular weight excluding hydrogens is 328 g/mol. The van der Waals surface area contributed by atoms with E-state index < -0.39 is 29.6 Å². The fourth-order valence-electron chi connectivity index (χ4n) is 2.43. The van der Waals surface area contributed by atoms with Crippen molar-refractivity contribution in [3.8, 4) is 0 Å². The van der Waals surface area contributed by atoms with Crippen LogP contribution >= 0.6 is 0 Å². The summed E-state index contributed by atoms with van der Waals surface area (Å²) in [4.78, 5) is 24.0. The van der Waals surface area contributed by atoms with Gasteiger partial charge in [0.05, 0.1) is 13.5 Å². The van der Waals surface area contributed by atoms with Crippen molar-refractivity contribution in [1.29, 1.82) is 0 Å². The minimum absolute atomic E-state index is 0.157. The van der Waals surface area contributed by atoms with Crippen molar-refractivity contribution in [3.05, 3.63) is 71.3 Å². The Bertz CT molecular complexity index is 735. The van der Waals surface area contributed by atoms with E-state index in [1.54, 1.807) is 0 Å². The molecular formula is C19H19F2NO3. The smallest absolute Gasteiger partial charge is 0.328 e. The molecule has 0 saturated heterocycles. The molecule has 6 heteroatoms. The van der Waals surface area contributed by atoms with Crippen molar-refractivity contribution in [2.75, 3.05) is 7.11 Å². The molecule has 0 heterocycles. The summed E-state index contributed by atoms with van der Waals surface area (Å²) in [5, 5.41) is 2.59. The van der Waals surface area contributed by atoms with E-state index in [1.807, 2.05) is 30.3 Å². The van der Waals surface area contributed by atoms with Crippen LogP contribution in [0.3, 0.4) is 0 Å². The third kappa shape index (κ3) is 5.67. The summed E-state index contributed by atoms with van der Waals surface area (Å²) in [5.41, 5.74) is 1.36. The van der Waals surface area contributed by atoms with Crippen LogP contribution in [0.2, 0.25) is 0 Å². The summed E-state index contributed by atoms with van der Waals surface area (Å²) in [6, 6.07) is 12.0. The highest BCUT2D eigenvalue weighted by Crippen LogP contribution is 2.10. The predicted molar refractivity (Wildman–Crippen MR) is 88.8 cm³/mol. The Hall–Kier alpha value is -2.76. The Morgan fingerprint density at radius 2 is 1.76 bits per heavy atom. The molecule has 0 radical (unpaired) electrons. The first kappa shape index (κ1) is 18.6. The third-order valence-electron chi connectivity index (χ3n) is 3.73. The number of aryl methyl sites for hydroxylation is 1. The molecule has 1 atom stereocenters. The Balaban J connectivity index is 1.96. The molecule has 0 unspecified atom stereocenters. The fourth-order valence-corrected chi connectivity index (χ4v) is 2.43. The first-order chi connectivity index (χ1) is 12.0. The van der Waals surface area contributed by atoms with Crippen LogP contribution in [0.1, 0.15) is 17.5 Å². The van der Waals surface area contributed by atoms with Crippen molar-refractivity contribution in [1.82, 2.24) is 5.32 Å². The molecule has 0 bridgehead atoms. The van der Waals surface area contributed by atoms with Gasteiger partial charge in [-0.25, -0.2) is 13.6 Å². The monoisotopic (exact) mass is 347 g/mol. The molecule has 0 aliphatic carbocycles. The Morgan fingerprint density at radius 1 is 1.04 bits per heavy atom. The zero-order valence-electron chi connectivity index (χ0n) is 13.8. The Kier molecular flexibility index (Phi) is 6.62. The minimum atomic E-state index is -1.01. The number of halogens is 2. The number of amides is 1. The highest BCUT2D eigenvalue weighted by Gasteiger charge is 2.21. The molecule has 1 N–H and O–H groups in total. The Labute approximate surface area is 144 Å². The molecule has 0 spiro atoms. The topological polar surface area (TPSA) is 55.4 Å². The molecule has 2 aromatic rings. The lowest BCUT2D eigenvalue weighted by Gasteiger charge is -2.16. The number of carbonyl (C=O) groups is 2. The lowest BCUT2D eigenvalue weighted by atomic mass is 10.0. The normalized spacial score (nSPS) is 11.6. The number of benzene rings is 2. The van der Waals surface area contributed by atoms with E-state index in [1.165, 1.54) is 13.2 Å². The molecule has 0 fully saturated rings. The number of nitrogens with one attached hydrogen (secondary N) is 1. The summed E-state index contributed by atoms with van der Waals surface area (Å²) in [5.74, 6) is -3.00. The summed E-state index contributed by atoms with van der Waals surface area (Å²) in [7, 11) is 1.25. The highest BCUT2D eigenvalue weighted by atomic mass is 19.2. The van der Waals surface area contributed by atoms with E-state index in [2.05, 4.69) is 5.32 Å². The number of ether oxygens (including phenoxy) is 1. The summed E-state index contributed by atoms with van der Waals surface area (Å²) in [6.07, 6.45) is 0.808. The average Bonchev–Trinajstić information content (AvgIpc) is 2.62. The van der Waals surface area contributed by atoms with E-state index in [0.29, 0.717) is 18.4 Å². The van der Waals surface area contributed by atoms with E-state index in [4.69, 9.17) is 4.74 Å². The van der Waals surface area contributed by atoms with Crippen LogP contribution < -0.4 is 5.32 Å². The summed E-state index contributed by atoms with van der Waals surface area (Å²) >= 11 is 0. The second-order valence-electron chi connectivity index (χ2n) is 5.59. The maximum atomic E-state index is 13.2. The Morgan fingerprint density at radius 3 is 2.40 bits per heavy atom. The number of hydrogen-bond donors (Lipinski definition) is 1. The van der Waals surface area contributed by atoms with Gasteiger partial charge in [-0.15, -0.1) is 0 Å². The fraction of sp³-hybridized carbons (Fsp3) is 0.263.